The van der Waals surface area contributed by atoms with E-state index in [1.54, 1.807) is 18.2 Å². The zero-order valence-corrected chi connectivity index (χ0v) is 16.1. The second kappa shape index (κ2) is 9.20. The van der Waals surface area contributed by atoms with E-state index in [4.69, 9.17) is 5.26 Å². The van der Waals surface area contributed by atoms with Gasteiger partial charge in [0.15, 0.2) is 17.1 Å². The molecule has 2 aromatic rings. The Labute approximate surface area is 167 Å². The number of thioether (sulfide) groups is 1. The van der Waals surface area contributed by atoms with E-state index in [0.717, 1.165) is 16.9 Å². The Hall–Kier alpha value is -3.11. The SMILES string of the molecule is CSC(=Nc1ccccc1NC1=CC(=O)CC(c2ccc(F)cc2)C1)NC#N. The van der Waals surface area contributed by atoms with Crippen molar-refractivity contribution in [2.45, 2.75) is 18.8 Å². The van der Waals surface area contributed by atoms with Crippen molar-refractivity contribution >= 4 is 34.1 Å². The van der Waals surface area contributed by atoms with Gasteiger partial charge in [0.2, 0.25) is 0 Å². The average molecular weight is 394 g/mol. The fraction of sp³-hybridized carbons (Fsp3) is 0.190. The molecule has 1 aliphatic carbocycles. The van der Waals surface area contributed by atoms with Crippen LogP contribution in [0.5, 0.6) is 0 Å². The van der Waals surface area contributed by atoms with Crippen molar-refractivity contribution in [3.63, 3.8) is 0 Å². The topological polar surface area (TPSA) is 77.3 Å². The number of nitrogens with zero attached hydrogens (tertiary/aromatic N) is 2. The minimum Gasteiger partial charge on any atom is -0.357 e. The molecule has 0 amide bonds. The first-order valence-corrected chi connectivity index (χ1v) is 9.94. The van der Waals surface area contributed by atoms with Gasteiger partial charge in [0, 0.05) is 18.2 Å². The summed E-state index contributed by atoms with van der Waals surface area (Å²) in [6.45, 7) is 0. The first-order chi connectivity index (χ1) is 13.6. The maximum atomic E-state index is 13.2. The summed E-state index contributed by atoms with van der Waals surface area (Å²) >= 11 is 1.33. The fourth-order valence-corrected chi connectivity index (χ4v) is 3.42. The number of aliphatic imine (C=N–C) groups is 1. The van der Waals surface area contributed by atoms with Crippen molar-refractivity contribution in [2.75, 3.05) is 11.6 Å². The predicted octanol–water partition coefficient (Wildman–Crippen LogP) is 4.69. The van der Waals surface area contributed by atoms with Crippen molar-refractivity contribution in [1.29, 1.82) is 5.26 Å². The number of nitriles is 1. The highest BCUT2D eigenvalue weighted by Gasteiger charge is 2.22. The van der Waals surface area contributed by atoms with Gasteiger partial charge in [-0.3, -0.25) is 10.1 Å². The molecule has 1 aliphatic rings. The summed E-state index contributed by atoms with van der Waals surface area (Å²) in [5, 5.41) is 15.1. The predicted molar refractivity (Wildman–Crippen MR) is 111 cm³/mol. The number of carbonyl (C=O) groups is 1. The van der Waals surface area contributed by atoms with E-state index in [2.05, 4.69) is 15.6 Å². The van der Waals surface area contributed by atoms with E-state index in [1.807, 2.05) is 36.7 Å². The lowest BCUT2D eigenvalue weighted by molar-refractivity contribution is -0.115. The third-order valence-electron chi connectivity index (χ3n) is 4.37. The molecule has 0 heterocycles. The van der Waals surface area contributed by atoms with Gasteiger partial charge in [-0.05, 0) is 48.4 Å². The van der Waals surface area contributed by atoms with E-state index in [0.29, 0.717) is 23.7 Å². The third-order valence-corrected chi connectivity index (χ3v) is 4.95. The molecule has 0 aliphatic heterocycles. The summed E-state index contributed by atoms with van der Waals surface area (Å²) in [6, 6.07) is 13.7. The number of hydrogen-bond acceptors (Lipinski definition) is 5. The first kappa shape index (κ1) is 19.6. The summed E-state index contributed by atoms with van der Waals surface area (Å²) in [6.07, 6.45) is 6.35. The smallest absolute Gasteiger partial charge is 0.183 e. The van der Waals surface area contributed by atoms with Crippen LogP contribution in [0.3, 0.4) is 0 Å². The Morgan fingerprint density at radius 3 is 2.68 bits per heavy atom. The maximum absolute atomic E-state index is 13.2. The molecule has 0 radical (unpaired) electrons. The summed E-state index contributed by atoms with van der Waals surface area (Å²) < 4.78 is 13.2. The normalized spacial score (nSPS) is 16.9. The van der Waals surface area contributed by atoms with Crippen LogP contribution in [0.4, 0.5) is 15.8 Å². The van der Waals surface area contributed by atoms with Crippen molar-refractivity contribution < 1.29 is 9.18 Å². The van der Waals surface area contributed by atoms with Crippen LogP contribution < -0.4 is 10.6 Å². The molecule has 2 N–H and O–H groups in total. The van der Waals surface area contributed by atoms with E-state index in [9.17, 15) is 9.18 Å². The molecule has 0 aromatic heterocycles. The molecule has 1 unspecified atom stereocenters. The van der Waals surface area contributed by atoms with Gasteiger partial charge in [-0.25, -0.2) is 9.38 Å². The Balaban J connectivity index is 1.82. The molecule has 2 aromatic carbocycles. The zero-order valence-electron chi connectivity index (χ0n) is 15.3. The standard InChI is InChI=1S/C21H19FN4OS/c1-28-21(24-13-23)26-20-5-3-2-4-19(20)25-17-10-15(11-18(27)12-17)14-6-8-16(22)9-7-14/h2-9,12,15,25H,10-11H2,1H3,(H,24,26). The molecule has 0 fully saturated rings. The van der Waals surface area contributed by atoms with Crippen molar-refractivity contribution in [3.8, 4) is 6.19 Å². The molecular weight excluding hydrogens is 375 g/mol. The Morgan fingerprint density at radius 1 is 1.21 bits per heavy atom. The quantitative estimate of drug-likeness (QED) is 0.340. The van der Waals surface area contributed by atoms with Gasteiger partial charge in [0.05, 0.1) is 11.4 Å². The van der Waals surface area contributed by atoms with Gasteiger partial charge in [-0.15, -0.1) is 0 Å². The van der Waals surface area contributed by atoms with Crippen LogP contribution in [0.25, 0.3) is 0 Å². The molecule has 0 saturated carbocycles. The van der Waals surface area contributed by atoms with E-state index in [-0.39, 0.29) is 17.5 Å². The highest BCUT2D eigenvalue weighted by molar-refractivity contribution is 8.13. The van der Waals surface area contributed by atoms with Gasteiger partial charge < -0.3 is 5.32 Å². The Kier molecular flexibility index (Phi) is 6.45. The number of halogens is 1. The lowest BCUT2D eigenvalue weighted by Gasteiger charge is -2.24. The lowest BCUT2D eigenvalue weighted by Crippen LogP contribution is -2.17. The molecule has 0 saturated heterocycles. The number of ketones is 1. The number of benzene rings is 2. The van der Waals surface area contributed by atoms with Crippen LogP contribution in [0, 0.1) is 17.3 Å². The Morgan fingerprint density at radius 2 is 1.96 bits per heavy atom. The number of carbonyl (C=O) groups excluding carboxylic acids is 1. The Bertz CT molecular complexity index is 963. The molecule has 5 nitrogen and oxygen atoms in total. The molecular formula is C21H19FN4OS. The number of hydrogen-bond donors (Lipinski definition) is 2. The molecule has 142 valence electrons. The van der Waals surface area contributed by atoms with E-state index in [1.165, 1.54) is 23.9 Å². The number of anilines is 1. The fourth-order valence-electron chi connectivity index (χ4n) is 3.08. The maximum Gasteiger partial charge on any atom is 0.183 e. The number of amidine groups is 1. The second-order valence-electron chi connectivity index (χ2n) is 6.29. The summed E-state index contributed by atoms with van der Waals surface area (Å²) in [5.74, 6) is -0.263. The molecule has 0 spiro atoms. The van der Waals surface area contributed by atoms with Gasteiger partial charge in [-0.2, -0.15) is 5.26 Å². The minimum absolute atomic E-state index is 0.00159. The molecule has 0 bridgehead atoms. The van der Waals surface area contributed by atoms with Crippen molar-refractivity contribution in [1.82, 2.24) is 5.32 Å². The molecule has 3 rings (SSSR count). The highest BCUT2D eigenvalue weighted by Crippen LogP contribution is 2.34. The zero-order chi connectivity index (χ0) is 19.9. The molecule has 28 heavy (non-hydrogen) atoms. The third kappa shape index (κ3) is 4.99. The van der Waals surface area contributed by atoms with Crippen LogP contribution in [-0.2, 0) is 4.79 Å². The van der Waals surface area contributed by atoms with E-state index < -0.39 is 0 Å². The van der Waals surface area contributed by atoms with Crippen LogP contribution in [-0.4, -0.2) is 17.2 Å². The first-order valence-electron chi connectivity index (χ1n) is 8.71. The largest absolute Gasteiger partial charge is 0.357 e. The van der Waals surface area contributed by atoms with Gasteiger partial charge >= 0.3 is 0 Å². The van der Waals surface area contributed by atoms with Crippen LogP contribution in [0.1, 0.15) is 24.3 Å². The van der Waals surface area contributed by atoms with E-state index >= 15 is 0 Å². The number of rotatable bonds is 4. The lowest BCUT2D eigenvalue weighted by atomic mass is 9.85. The monoisotopic (exact) mass is 394 g/mol. The number of allylic oxidation sites excluding steroid dienone is 2. The number of para-hydroxylation sites is 2. The summed E-state index contributed by atoms with van der Waals surface area (Å²) in [4.78, 5) is 16.7. The summed E-state index contributed by atoms with van der Waals surface area (Å²) in [7, 11) is 0. The minimum atomic E-state index is -0.290. The van der Waals surface area contributed by atoms with Gasteiger partial charge in [0.1, 0.15) is 5.82 Å². The van der Waals surface area contributed by atoms with Crippen LogP contribution in [0.2, 0.25) is 0 Å². The van der Waals surface area contributed by atoms with Crippen molar-refractivity contribution in [3.05, 3.63) is 71.7 Å². The van der Waals surface area contributed by atoms with Crippen LogP contribution in [0.15, 0.2) is 65.3 Å². The highest BCUT2D eigenvalue weighted by atomic mass is 32.2. The average Bonchev–Trinajstić information content (AvgIpc) is 2.69. The number of nitrogens with one attached hydrogen (secondary N) is 2. The van der Waals surface area contributed by atoms with Gasteiger partial charge in [0.25, 0.3) is 0 Å². The van der Waals surface area contributed by atoms with Crippen LogP contribution >= 0.6 is 11.8 Å². The summed E-state index contributed by atoms with van der Waals surface area (Å²) in [5.41, 5.74) is 3.13. The second-order valence-corrected chi connectivity index (χ2v) is 7.09. The molecule has 1 atom stereocenters. The van der Waals surface area contributed by atoms with Crippen molar-refractivity contribution in [2.24, 2.45) is 4.99 Å². The molecule has 7 heteroatoms. The van der Waals surface area contributed by atoms with Gasteiger partial charge in [-0.1, -0.05) is 36.0 Å².